The highest BCUT2D eigenvalue weighted by Gasteiger charge is 2.38. The summed E-state index contributed by atoms with van der Waals surface area (Å²) in [6.07, 6.45) is -2.84. The first kappa shape index (κ1) is 35.3. The minimum Gasteiger partial charge on any atom is -0.481 e. The number of rotatable bonds is 13. The number of halogens is 3. The Labute approximate surface area is 252 Å². The maximum absolute atomic E-state index is 13.1. The first-order valence-corrected chi connectivity index (χ1v) is 13.7. The van der Waals surface area contributed by atoms with Crippen molar-refractivity contribution >= 4 is 29.6 Å². The average molecular weight is 617 g/mol. The van der Waals surface area contributed by atoms with Gasteiger partial charge >= 0.3 is 18.1 Å². The molecule has 5 N–H and O–H groups in total. The van der Waals surface area contributed by atoms with Gasteiger partial charge in [-0.25, -0.2) is 9.78 Å². The number of carbonyl (C=O) groups excluding carboxylic acids is 2. The van der Waals surface area contributed by atoms with E-state index < -0.39 is 36.1 Å². The molecule has 1 unspecified atom stereocenters. The number of benzene rings is 2. The summed E-state index contributed by atoms with van der Waals surface area (Å²) in [4.78, 5) is 50.3. The number of hydrogen-bond acceptors (Lipinski definition) is 6. The van der Waals surface area contributed by atoms with Crippen molar-refractivity contribution < 1.29 is 42.6 Å². The number of nitrogens with one attached hydrogen (secondary N) is 3. The quantitative estimate of drug-likeness (QED) is 0.167. The molecule has 0 saturated heterocycles. The zero-order chi connectivity index (χ0) is 32.7. The van der Waals surface area contributed by atoms with Crippen LogP contribution in [0.25, 0.3) is 11.1 Å². The van der Waals surface area contributed by atoms with Crippen molar-refractivity contribution in [2.75, 3.05) is 11.9 Å². The molecular formula is C31H35F3N4O6. The van der Waals surface area contributed by atoms with Crippen molar-refractivity contribution in [1.82, 2.24) is 15.6 Å². The van der Waals surface area contributed by atoms with Gasteiger partial charge in [-0.3, -0.25) is 14.4 Å². The number of aliphatic carboxylic acids is 2. The average Bonchev–Trinajstić information content (AvgIpc) is 2.98. The number of alkyl halides is 3. The Bertz CT molecular complexity index is 1350. The molecule has 44 heavy (non-hydrogen) atoms. The van der Waals surface area contributed by atoms with Gasteiger partial charge in [0.25, 0.3) is 0 Å². The van der Waals surface area contributed by atoms with Gasteiger partial charge < -0.3 is 26.2 Å². The summed E-state index contributed by atoms with van der Waals surface area (Å²) < 4.78 is 31.7. The van der Waals surface area contributed by atoms with Crippen LogP contribution in [0.3, 0.4) is 0 Å². The van der Waals surface area contributed by atoms with Gasteiger partial charge in [-0.2, -0.15) is 13.2 Å². The molecule has 0 radical (unpaired) electrons. The van der Waals surface area contributed by atoms with Crippen LogP contribution >= 0.6 is 0 Å². The summed E-state index contributed by atoms with van der Waals surface area (Å²) in [7, 11) is 0. The van der Waals surface area contributed by atoms with E-state index in [-0.39, 0.29) is 24.7 Å². The molecule has 10 nitrogen and oxygen atoms in total. The molecule has 0 aliphatic carbocycles. The monoisotopic (exact) mass is 616 g/mol. The molecule has 236 valence electrons. The zero-order valence-corrected chi connectivity index (χ0v) is 24.2. The number of carbonyl (C=O) groups is 4. The predicted molar refractivity (Wildman–Crippen MR) is 157 cm³/mol. The van der Waals surface area contributed by atoms with Crippen molar-refractivity contribution in [3.05, 3.63) is 84.6 Å². The number of anilines is 1. The van der Waals surface area contributed by atoms with Gasteiger partial charge in [0.2, 0.25) is 11.8 Å². The second-order valence-corrected chi connectivity index (χ2v) is 9.98. The molecule has 0 spiro atoms. The van der Waals surface area contributed by atoms with Crippen LogP contribution in [0.2, 0.25) is 0 Å². The zero-order valence-electron chi connectivity index (χ0n) is 24.2. The third-order valence-corrected chi connectivity index (χ3v) is 6.18. The molecule has 2 atom stereocenters. The largest absolute Gasteiger partial charge is 0.490 e. The summed E-state index contributed by atoms with van der Waals surface area (Å²) in [6, 6.07) is 21.4. The van der Waals surface area contributed by atoms with Gasteiger partial charge in [0.05, 0.1) is 12.5 Å². The first-order valence-electron chi connectivity index (χ1n) is 13.7. The van der Waals surface area contributed by atoms with Gasteiger partial charge in [0, 0.05) is 19.2 Å². The van der Waals surface area contributed by atoms with Crippen LogP contribution in [-0.4, -0.2) is 57.7 Å². The minimum atomic E-state index is -5.08. The van der Waals surface area contributed by atoms with Crippen molar-refractivity contribution in [2.24, 2.45) is 5.92 Å². The number of aromatic nitrogens is 1. The third kappa shape index (κ3) is 12.5. The summed E-state index contributed by atoms with van der Waals surface area (Å²) in [5.74, 6) is -3.87. The van der Waals surface area contributed by atoms with Crippen LogP contribution in [0.15, 0.2) is 79.0 Å². The Morgan fingerprint density at radius 3 is 1.95 bits per heavy atom. The maximum Gasteiger partial charge on any atom is 0.490 e. The lowest BCUT2D eigenvalue weighted by Crippen LogP contribution is -2.50. The second-order valence-electron chi connectivity index (χ2n) is 9.98. The Kier molecular flexibility index (Phi) is 13.8. The van der Waals surface area contributed by atoms with Gasteiger partial charge in [0.1, 0.15) is 11.9 Å². The minimum absolute atomic E-state index is 0.179. The molecule has 0 aliphatic heterocycles. The summed E-state index contributed by atoms with van der Waals surface area (Å²) in [6.45, 7) is 4.25. The summed E-state index contributed by atoms with van der Waals surface area (Å²) in [5.41, 5.74) is 2.73. The second kappa shape index (κ2) is 17.2. The van der Waals surface area contributed by atoms with E-state index in [1.807, 2.05) is 86.6 Å². The fourth-order valence-electron chi connectivity index (χ4n) is 3.94. The molecule has 1 heterocycles. The molecule has 0 bridgehead atoms. The van der Waals surface area contributed by atoms with E-state index in [0.29, 0.717) is 18.5 Å². The fourth-order valence-corrected chi connectivity index (χ4v) is 3.94. The highest BCUT2D eigenvalue weighted by Crippen LogP contribution is 2.24. The number of hydrogen-bond donors (Lipinski definition) is 5. The van der Waals surface area contributed by atoms with Gasteiger partial charge in [-0.15, -0.1) is 0 Å². The van der Waals surface area contributed by atoms with Crippen LogP contribution in [0.4, 0.5) is 19.0 Å². The van der Waals surface area contributed by atoms with E-state index in [9.17, 15) is 32.7 Å². The van der Waals surface area contributed by atoms with Gasteiger partial charge in [-0.05, 0) is 41.2 Å². The molecule has 2 aromatic carbocycles. The van der Waals surface area contributed by atoms with E-state index >= 15 is 0 Å². The van der Waals surface area contributed by atoms with Crippen LogP contribution in [0, 0.1) is 5.92 Å². The first-order chi connectivity index (χ1) is 20.8. The van der Waals surface area contributed by atoms with Crippen molar-refractivity contribution in [3.63, 3.8) is 0 Å². The normalized spacial score (nSPS) is 12.2. The van der Waals surface area contributed by atoms with Gasteiger partial charge in [-0.1, -0.05) is 74.5 Å². The molecule has 13 heteroatoms. The predicted octanol–water partition coefficient (Wildman–Crippen LogP) is 5.05. The highest BCUT2D eigenvalue weighted by molar-refractivity contribution is 5.88. The Balaban J connectivity index is 0.000000860. The van der Waals surface area contributed by atoms with E-state index in [4.69, 9.17) is 9.90 Å². The molecular weight excluding hydrogens is 581 g/mol. The fraction of sp³-hybridized carbons (Fsp3) is 0.323. The number of amides is 2. The molecule has 0 aliphatic rings. The third-order valence-electron chi connectivity index (χ3n) is 6.18. The van der Waals surface area contributed by atoms with Crippen molar-refractivity contribution in [2.45, 2.75) is 51.4 Å². The molecule has 2 amide bonds. The van der Waals surface area contributed by atoms with Crippen LogP contribution in [0.1, 0.15) is 44.7 Å². The number of pyridine rings is 1. The number of carboxylic acid groups (broad SMARTS) is 2. The Hall–Kier alpha value is -4.94. The maximum atomic E-state index is 13.1. The standard InChI is InChI=1S/C29H34N4O4.C2HF3O2/c1-20(2)28(33-26(34)12-8-18-31-25-11-6-7-17-30-25)29(37)32-24(19-27(35)36)23-15-13-22(14-16-23)21-9-4-3-5-10-21;3-2(4,5)1(6)7/h3-7,9-11,13-17,20,24,28H,8,12,18-19H2,1-2H3,(H,30,31)(H,32,37)(H,33,34)(H,35,36);(H,6,7)/t24?,28-;/m1./s1. The summed E-state index contributed by atoms with van der Waals surface area (Å²) >= 11 is 0. The summed E-state index contributed by atoms with van der Waals surface area (Å²) in [5, 5.41) is 25.4. The lowest BCUT2D eigenvalue weighted by Gasteiger charge is -2.25. The van der Waals surface area contributed by atoms with E-state index in [0.717, 1.165) is 16.9 Å². The number of nitrogens with zero attached hydrogens (tertiary/aromatic N) is 1. The Morgan fingerprint density at radius 2 is 1.43 bits per heavy atom. The molecule has 0 fully saturated rings. The van der Waals surface area contributed by atoms with E-state index in [1.165, 1.54) is 0 Å². The Morgan fingerprint density at radius 1 is 0.841 bits per heavy atom. The SMILES string of the molecule is CC(C)[C@@H](NC(=O)CCCNc1ccccn1)C(=O)NC(CC(=O)O)c1ccc(-c2ccccc2)cc1.O=C(O)C(F)(F)F. The van der Waals surface area contributed by atoms with Crippen molar-refractivity contribution in [1.29, 1.82) is 0 Å². The number of carboxylic acids is 2. The van der Waals surface area contributed by atoms with E-state index in [2.05, 4.69) is 20.9 Å². The lowest BCUT2D eigenvalue weighted by molar-refractivity contribution is -0.192. The lowest BCUT2D eigenvalue weighted by atomic mass is 9.97. The topological polar surface area (TPSA) is 158 Å². The highest BCUT2D eigenvalue weighted by atomic mass is 19.4. The molecule has 1 aromatic heterocycles. The molecule has 0 saturated carbocycles. The van der Waals surface area contributed by atoms with E-state index in [1.54, 1.807) is 6.20 Å². The van der Waals surface area contributed by atoms with Crippen molar-refractivity contribution in [3.8, 4) is 11.1 Å². The van der Waals surface area contributed by atoms with Gasteiger partial charge in [0.15, 0.2) is 0 Å². The molecule has 3 rings (SSSR count). The van der Waals surface area contributed by atoms with Crippen LogP contribution in [-0.2, 0) is 19.2 Å². The smallest absolute Gasteiger partial charge is 0.481 e. The van der Waals surface area contributed by atoms with Crippen LogP contribution < -0.4 is 16.0 Å². The van der Waals surface area contributed by atoms with Crippen LogP contribution in [0.5, 0.6) is 0 Å². The molecule has 3 aromatic rings.